The third-order valence-electron chi connectivity index (χ3n) is 5.67. The van der Waals surface area contributed by atoms with Gasteiger partial charge in [-0.15, -0.1) is 0 Å². The van der Waals surface area contributed by atoms with Crippen molar-refractivity contribution in [2.24, 2.45) is 5.41 Å². The van der Waals surface area contributed by atoms with Gasteiger partial charge in [0.25, 0.3) is 5.56 Å². The van der Waals surface area contributed by atoms with Crippen molar-refractivity contribution in [3.05, 3.63) is 67.6 Å². The second-order valence-corrected chi connectivity index (χ2v) is 8.19. The van der Waals surface area contributed by atoms with Gasteiger partial charge in [-0.3, -0.25) is 9.59 Å². The quantitative estimate of drug-likeness (QED) is 0.736. The van der Waals surface area contributed by atoms with Crippen molar-refractivity contribution >= 4 is 5.78 Å². The van der Waals surface area contributed by atoms with Crippen LogP contribution in [0.2, 0.25) is 0 Å². The zero-order valence-corrected chi connectivity index (χ0v) is 16.8. The highest BCUT2D eigenvalue weighted by molar-refractivity contribution is 6.11. The summed E-state index contributed by atoms with van der Waals surface area (Å²) in [5, 5.41) is 28.3. The molecule has 0 aliphatic heterocycles. The van der Waals surface area contributed by atoms with E-state index in [-0.39, 0.29) is 46.0 Å². The summed E-state index contributed by atoms with van der Waals surface area (Å²) >= 11 is 0. The van der Waals surface area contributed by atoms with Gasteiger partial charge in [-0.05, 0) is 61.3 Å². The monoisotopic (exact) mass is 389 g/mol. The first-order valence-electron chi connectivity index (χ1n) is 9.61. The van der Waals surface area contributed by atoms with Gasteiger partial charge >= 0.3 is 0 Å². The Labute approximate surface area is 169 Å². The molecule has 1 aliphatic rings. The van der Waals surface area contributed by atoms with Crippen LogP contribution in [0.25, 0.3) is 0 Å². The Balaban J connectivity index is 2.27. The maximum absolute atomic E-state index is 13.6. The number of aromatic nitrogens is 1. The number of H-pyrrole nitrogens is 1. The van der Waals surface area contributed by atoms with Crippen molar-refractivity contribution in [2.75, 3.05) is 6.61 Å². The molecule has 1 aromatic carbocycles. The van der Waals surface area contributed by atoms with Crippen molar-refractivity contribution in [2.45, 2.75) is 46.0 Å². The van der Waals surface area contributed by atoms with E-state index in [0.717, 1.165) is 18.4 Å². The van der Waals surface area contributed by atoms with Crippen LogP contribution in [0, 0.1) is 35.0 Å². The molecule has 1 saturated carbocycles. The Morgan fingerprint density at radius 3 is 2.24 bits per heavy atom. The molecule has 1 heterocycles. The van der Waals surface area contributed by atoms with Gasteiger partial charge in [-0.2, -0.15) is 10.5 Å². The fourth-order valence-electron chi connectivity index (χ4n) is 3.78. The number of hydrogen-bond acceptors (Lipinski definition) is 5. The lowest BCUT2D eigenvalue weighted by atomic mass is 9.84. The van der Waals surface area contributed by atoms with Gasteiger partial charge in [0.15, 0.2) is 5.78 Å². The third kappa shape index (κ3) is 3.85. The molecule has 0 unspecified atom stereocenters. The standard InChI is InChI=1S/C23H23N3O3/c1-13(2)19-20(21(28)17-7-15(10-24)6-16(8-17)11-25)18(14(3)26-22(19)29)9-23(12-27)4-5-23/h6-8,13,27H,4-5,9,12H2,1-3H3,(H,26,29). The molecule has 3 rings (SSSR count). The average molecular weight is 389 g/mol. The molecule has 0 amide bonds. The van der Waals surface area contributed by atoms with Crippen molar-refractivity contribution in [3.63, 3.8) is 0 Å². The molecule has 148 valence electrons. The fourth-order valence-corrected chi connectivity index (χ4v) is 3.78. The van der Waals surface area contributed by atoms with Crippen molar-refractivity contribution in [1.82, 2.24) is 4.98 Å². The van der Waals surface area contributed by atoms with Crippen LogP contribution in [0.15, 0.2) is 23.0 Å². The lowest BCUT2D eigenvalue weighted by Gasteiger charge is -2.21. The number of hydrogen-bond donors (Lipinski definition) is 2. The van der Waals surface area contributed by atoms with Crippen LogP contribution in [0.3, 0.4) is 0 Å². The SMILES string of the molecule is Cc1[nH]c(=O)c(C(C)C)c(C(=O)c2cc(C#N)cc(C#N)c2)c1CC1(CO)CC1. The summed E-state index contributed by atoms with van der Waals surface area (Å²) in [7, 11) is 0. The van der Waals surface area contributed by atoms with Crippen LogP contribution >= 0.6 is 0 Å². The average Bonchev–Trinajstić information content (AvgIpc) is 3.48. The summed E-state index contributed by atoms with van der Waals surface area (Å²) in [5.74, 6) is -0.573. The van der Waals surface area contributed by atoms with E-state index in [1.807, 2.05) is 26.0 Å². The normalized spacial score (nSPS) is 14.3. The van der Waals surface area contributed by atoms with E-state index < -0.39 is 0 Å². The molecule has 0 spiro atoms. The zero-order chi connectivity index (χ0) is 21.3. The predicted molar refractivity (Wildman–Crippen MR) is 108 cm³/mol. The second-order valence-electron chi connectivity index (χ2n) is 8.19. The summed E-state index contributed by atoms with van der Waals surface area (Å²) < 4.78 is 0. The third-order valence-corrected chi connectivity index (χ3v) is 5.67. The molecule has 0 atom stereocenters. The Morgan fingerprint density at radius 1 is 1.21 bits per heavy atom. The van der Waals surface area contributed by atoms with Crippen LogP contribution in [-0.2, 0) is 6.42 Å². The van der Waals surface area contributed by atoms with Gasteiger partial charge in [0.2, 0.25) is 0 Å². The molecule has 6 nitrogen and oxygen atoms in total. The molecule has 2 aromatic rings. The van der Waals surface area contributed by atoms with Gasteiger partial charge in [0, 0.05) is 29.0 Å². The van der Waals surface area contributed by atoms with E-state index in [0.29, 0.717) is 23.2 Å². The topological polar surface area (TPSA) is 118 Å². The van der Waals surface area contributed by atoms with Gasteiger partial charge in [-0.25, -0.2) is 0 Å². The van der Waals surface area contributed by atoms with E-state index in [4.69, 9.17) is 0 Å². The molecule has 2 N–H and O–H groups in total. The number of nitriles is 2. The minimum Gasteiger partial charge on any atom is -0.396 e. The number of aliphatic hydroxyl groups is 1. The van der Waals surface area contributed by atoms with Crippen molar-refractivity contribution in [3.8, 4) is 12.1 Å². The number of carbonyl (C=O) groups is 1. The second kappa shape index (κ2) is 7.66. The molecule has 0 bridgehead atoms. The van der Waals surface area contributed by atoms with E-state index >= 15 is 0 Å². The minimum absolute atomic E-state index is 0.0265. The highest BCUT2D eigenvalue weighted by Crippen LogP contribution is 2.48. The van der Waals surface area contributed by atoms with E-state index in [1.54, 1.807) is 6.92 Å². The number of ketones is 1. The van der Waals surface area contributed by atoms with Gasteiger partial charge in [-0.1, -0.05) is 13.8 Å². The van der Waals surface area contributed by atoms with Gasteiger partial charge < -0.3 is 10.1 Å². The van der Waals surface area contributed by atoms with Crippen LogP contribution in [-0.4, -0.2) is 22.5 Å². The number of nitrogens with zero attached hydrogens (tertiary/aromatic N) is 2. The van der Waals surface area contributed by atoms with Crippen LogP contribution in [0.5, 0.6) is 0 Å². The number of rotatable bonds is 6. The van der Waals surface area contributed by atoms with Gasteiger partial charge in [0.05, 0.1) is 23.3 Å². The largest absolute Gasteiger partial charge is 0.396 e. The molecule has 1 fully saturated rings. The minimum atomic E-state index is -0.375. The van der Waals surface area contributed by atoms with Crippen molar-refractivity contribution in [1.29, 1.82) is 10.5 Å². The molecule has 0 radical (unpaired) electrons. The summed E-state index contributed by atoms with van der Waals surface area (Å²) in [6, 6.07) is 8.28. The number of carbonyl (C=O) groups excluding carboxylic acids is 1. The molecule has 29 heavy (non-hydrogen) atoms. The Kier molecular flexibility index (Phi) is 5.42. The van der Waals surface area contributed by atoms with Crippen molar-refractivity contribution < 1.29 is 9.90 Å². The lowest BCUT2D eigenvalue weighted by molar-refractivity contribution is 0.103. The molecular weight excluding hydrogens is 366 g/mol. The summed E-state index contributed by atoms with van der Waals surface area (Å²) in [6.07, 6.45) is 2.24. The Bertz CT molecular complexity index is 1090. The number of aromatic amines is 1. The summed E-state index contributed by atoms with van der Waals surface area (Å²) in [5.41, 5.74) is 2.15. The van der Waals surface area contributed by atoms with E-state index in [2.05, 4.69) is 4.98 Å². The smallest absolute Gasteiger partial charge is 0.252 e. The summed E-state index contributed by atoms with van der Waals surface area (Å²) in [6.45, 7) is 5.49. The highest BCUT2D eigenvalue weighted by atomic mass is 16.3. The summed E-state index contributed by atoms with van der Waals surface area (Å²) in [4.78, 5) is 29.2. The van der Waals surface area contributed by atoms with Crippen LogP contribution in [0.4, 0.5) is 0 Å². The zero-order valence-electron chi connectivity index (χ0n) is 16.8. The fraction of sp³-hybridized carbons (Fsp3) is 0.391. The van der Waals surface area contributed by atoms with E-state index in [9.17, 15) is 25.2 Å². The van der Waals surface area contributed by atoms with Crippen LogP contribution < -0.4 is 5.56 Å². The Hall–Kier alpha value is -3.22. The lowest BCUT2D eigenvalue weighted by Crippen LogP contribution is -2.26. The number of pyridine rings is 1. The number of nitrogens with one attached hydrogen (secondary N) is 1. The maximum atomic E-state index is 13.6. The first-order valence-corrected chi connectivity index (χ1v) is 9.61. The Morgan fingerprint density at radius 2 is 1.79 bits per heavy atom. The highest BCUT2D eigenvalue weighted by Gasteiger charge is 2.43. The predicted octanol–water partition coefficient (Wildman–Crippen LogP) is 3.10. The molecule has 6 heteroatoms. The maximum Gasteiger partial charge on any atom is 0.252 e. The number of aryl methyl sites for hydroxylation is 1. The van der Waals surface area contributed by atoms with Gasteiger partial charge in [0.1, 0.15) is 0 Å². The first kappa shape index (κ1) is 20.5. The molecule has 0 saturated heterocycles. The number of benzene rings is 1. The molecule has 1 aromatic heterocycles. The van der Waals surface area contributed by atoms with E-state index in [1.165, 1.54) is 18.2 Å². The molecular formula is C23H23N3O3. The number of aliphatic hydroxyl groups excluding tert-OH is 1. The first-order chi connectivity index (χ1) is 13.7. The van der Waals surface area contributed by atoms with Crippen LogP contribution in [0.1, 0.15) is 76.5 Å². The molecule has 1 aliphatic carbocycles.